The Balaban J connectivity index is 2.32. The van der Waals surface area contributed by atoms with Crippen LogP contribution in [0.3, 0.4) is 0 Å². The minimum atomic E-state index is 0.447. The van der Waals surface area contributed by atoms with Crippen LogP contribution in [0.25, 0.3) is 0 Å². The number of anilines is 1. The second kappa shape index (κ2) is 8.12. The molecule has 0 amide bonds. The maximum Gasteiger partial charge on any atom is 0.106 e. The lowest BCUT2D eigenvalue weighted by Crippen LogP contribution is -2.27. The predicted molar refractivity (Wildman–Crippen MR) is 87.8 cm³/mol. The first-order chi connectivity index (χ1) is 9.02. The van der Waals surface area contributed by atoms with Crippen molar-refractivity contribution in [2.75, 3.05) is 25.5 Å². The molecule has 1 aromatic carbocycles. The summed E-state index contributed by atoms with van der Waals surface area (Å²) in [5.74, 6) is 0. The Labute approximate surface area is 122 Å². The Bertz CT molecular complexity index is 404. The van der Waals surface area contributed by atoms with Crippen molar-refractivity contribution in [1.82, 2.24) is 4.90 Å². The molecular weight excluding hydrogens is 254 g/mol. The molecule has 0 atom stereocenters. The van der Waals surface area contributed by atoms with E-state index < -0.39 is 0 Å². The zero-order valence-corrected chi connectivity index (χ0v) is 13.0. The van der Waals surface area contributed by atoms with Crippen molar-refractivity contribution < 1.29 is 0 Å². The number of thiocarbonyl (C=S) groups is 1. The SMILES string of the molecule is CC(C)N(C)CCCCNc1ccccc1C(N)=S. The number of unbranched alkanes of at least 4 members (excludes halogenated alkanes) is 1. The quantitative estimate of drug-likeness (QED) is 0.567. The Morgan fingerprint density at radius 3 is 2.63 bits per heavy atom. The van der Waals surface area contributed by atoms with Gasteiger partial charge in [-0.25, -0.2) is 0 Å². The molecular formula is C15H25N3S. The molecule has 0 aliphatic rings. The van der Waals surface area contributed by atoms with Gasteiger partial charge in [0.05, 0.1) is 0 Å². The minimum absolute atomic E-state index is 0.447. The zero-order chi connectivity index (χ0) is 14.3. The molecule has 1 rings (SSSR count). The number of para-hydroxylation sites is 1. The third kappa shape index (κ3) is 5.57. The third-order valence-corrected chi connectivity index (χ3v) is 3.55. The standard InChI is InChI=1S/C15H25N3S/c1-12(2)18(3)11-7-6-10-17-14-9-5-4-8-13(14)15(16)19/h4-5,8-9,12,17H,6-7,10-11H2,1-3H3,(H2,16,19). The molecule has 0 saturated carbocycles. The van der Waals surface area contributed by atoms with E-state index in [-0.39, 0.29) is 0 Å². The van der Waals surface area contributed by atoms with Crippen LogP contribution in [0, 0.1) is 0 Å². The van der Waals surface area contributed by atoms with Gasteiger partial charge in [0.25, 0.3) is 0 Å². The highest BCUT2D eigenvalue weighted by atomic mass is 32.1. The number of rotatable bonds is 8. The van der Waals surface area contributed by atoms with Crippen LogP contribution in [0.2, 0.25) is 0 Å². The topological polar surface area (TPSA) is 41.3 Å². The second-order valence-electron chi connectivity index (χ2n) is 5.12. The van der Waals surface area contributed by atoms with E-state index in [4.69, 9.17) is 18.0 Å². The van der Waals surface area contributed by atoms with Crippen LogP contribution in [0.15, 0.2) is 24.3 Å². The molecule has 1 aromatic rings. The maximum atomic E-state index is 5.70. The Kier molecular flexibility index (Phi) is 6.81. The summed E-state index contributed by atoms with van der Waals surface area (Å²) in [5, 5.41) is 3.41. The number of nitrogens with zero attached hydrogens (tertiary/aromatic N) is 1. The molecule has 0 aliphatic carbocycles. The van der Waals surface area contributed by atoms with Crippen molar-refractivity contribution in [1.29, 1.82) is 0 Å². The molecule has 0 heterocycles. The van der Waals surface area contributed by atoms with Crippen molar-refractivity contribution in [2.24, 2.45) is 5.73 Å². The van der Waals surface area contributed by atoms with Crippen molar-refractivity contribution >= 4 is 22.9 Å². The van der Waals surface area contributed by atoms with Crippen LogP contribution in [0.1, 0.15) is 32.3 Å². The molecule has 0 bridgehead atoms. The summed E-state index contributed by atoms with van der Waals surface area (Å²) in [7, 11) is 2.17. The van der Waals surface area contributed by atoms with Crippen LogP contribution in [-0.4, -0.2) is 36.1 Å². The van der Waals surface area contributed by atoms with E-state index in [0.717, 1.165) is 30.8 Å². The normalized spacial score (nSPS) is 11.0. The molecule has 0 radical (unpaired) electrons. The minimum Gasteiger partial charge on any atom is -0.389 e. The summed E-state index contributed by atoms with van der Waals surface area (Å²) in [5.41, 5.74) is 7.66. The smallest absolute Gasteiger partial charge is 0.106 e. The Morgan fingerprint density at radius 1 is 1.32 bits per heavy atom. The molecule has 3 nitrogen and oxygen atoms in total. The third-order valence-electron chi connectivity index (χ3n) is 3.33. The van der Waals surface area contributed by atoms with E-state index in [1.807, 2.05) is 24.3 Å². The van der Waals surface area contributed by atoms with E-state index >= 15 is 0 Å². The number of benzene rings is 1. The van der Waals surface area contributed by atoms with E-state index in [1.54, 1.807) is 0 Å². The van der Waals surface area contributed by atoms with Gasteiger partial charge < -0.3 is 16.0 Å². The molecule has 4 heteroatoms. The summed E-state index contributed by atoms with van der Waals surface area (Å²) >= 11 is 5.05. The molecule has 0 saturated heterocycles. The average Bonchev–Trinajstić information content (AvgIpc) is 2.38. The Hall–Kier alpha value is -1.13. The number of hydrogen-bond donors (Lipinski definition) is 2. The van der Waals surface area contributed by atoms with Gasteiger partial charge in [0.15, 0.2) is 0 Å². The monoisotopic (exact) mass is 279 g/mol. The molecule has 19 heavy (non-hydrogen) atoms. The first kappa shape index (κ1) is 15.9. The zero-order valence-electron chi connectivity index (χ0n) is 12.1. The predicted octanol–water partition coefficient (Wildman–Crippen LogP) is 2.85. The maximum absolute atomic E-state index is 5.70. The molecule has 0 unspecified atom stereocenters. The summed E-state index contributed by atoms with van der Waals surface area (Å²) < 4.78 is 0. The van der Waals surface area contributed by atoms with Crippen LogP contribution < -0.4 is 11.1 Å². The van der Waals surface area contributed by atoms with Gasteiger partial charge in [-0.3, -0.25) is 0 Å². The lowest BCUT2D eigenvalue weighted by atomic mass is 10.1. The highest BCUT2D eigenvalue weighted by Gasteiger charge is 2.04. The lowest BCUT2D eigenvalue weighted by Gasteiger charge is -2.20. The largest absolute Gasteiger partial charge is 0.389 e. The second-order valence-corrected chi connectivity index (χ2v) is 5.56. The van der Waals surface area contributed by atoms with Gasteiger partial charge in [-0.15, -0.1) is 0 Å². The van der Waals surface area contributed by atoms with Crippen molar-refractivity contribution in [3.05, 3.63) is 29.8 Å². The molecule has 0 aromatic heterocycles. The fourth-order valence-electron chi connectivity index (χ4n) is 1.82. The molecule has 106 valence electrons. The highest BCUT2D eigenvalue weighted by molar-refractivity contribution is 7.80. The summed E-state index contributed by atoms with van der Waals surface area (Å²) in [4.78, 5) is 2.81. The van der Waals surface area contributed by atoms with Crippen molar-refractivity contribution in [3.8, 4) is 0 Å². The number of nitrogens with one attached hydrogen (secondary N) is 1. The molecule has 0 fully saturated rings. The summed E-state index contributed by atoms with van der Waals surface area (Å²) in [6.45, 7) is 6.52. The van der Waals surface area contributed by atoms with Gasteiger partial charge in [-0.1, -0.05) is 24.4 Å². The summed E-state index contributed by atoms with van der Waals surface area (Å²) in [6, 6.07) is 8.54. The fraction of sp³-hybridized carbons (Fsp3) is 0.533. The van der Waals surface area contributed by atoms with E-state index in [9.17, 15) is 0 Å². The molecule has 0 aliphatic heterocycles. The van der Waals surface area contributed by atoms with E-state index in [1.165, 1.54) is 6.42 Å². The van der Waals surface area contributed by atoms with E-state index in [2.05, 4.69) is 31.1 Å². The lowest BCUT2D eigenvalue weighted by molar-refractivity contribution is 0.269. The van der Waals surface area contributed by atoms with Gasteiger partial charge in [-0.2, -0.15) is 0 Å². The van der Waals surface area contributed by atoms with Gasteiger partial charge in [0.1, 0.15) is 4.99 Å². The van der Waals surface area contributed by atoms with Crippen molar-refractivity contribution in [2.45, 2.75) is 32.7 Å². The van der Waals surface area contributed by atoms with Gasteiger partial charge >= 0.3 is 0 Å². The van der Waals surface area contributed by atoms with Crippen LogP contribution in [0.5, 0.6) is 0 Å². The van der Waals surface area contributed by atoms with Gasteiger partial charge in [-0.05, 0) is 52.4 Å². The van der Waals surface area contributed by atoms with Crippen LogP contribution in [0.4, 0.5) is 5.69 Å². The number of hydrogen-bond acceptors (Lipinski definition) is 3. The molecule has 0 spiro atoms. The first-order valence-electron chi connectivity index (χ1n) is 6.85. The van der Waals surface area contributed by atoms with E-state index in [0.29, 0.717) is 11.0 Å². The summed E-state index contributed by atoms with van der Waals surface area (Å²) in [6.07, 6.45) is 2.33. The van der Waals surface area contributed by atoms with Crippen molar-refractivity contribution in [3.63, 3.8) is 0 Å². The average molecular weight is 279 g/mol. The Morgan fingerprint density at radius 2 is 2.00 bits per heavy atom. The van der Waals surface area contributed by atoms with Gasteiger partial charge in [0.2, 0.25) is 0 Å². The molecule has 3 N–H and O–H groups in total. The van der Waals surface area contributed by atoms with Crippen LogP contribution >= 0.6 is 12.2 Å². The highest BCUT2D eigenvalue weighted by Crippen LogP contribution is 2.14. The van der Waals surface area contributed by atoms with Crippen LogP contribution in [-0.2, 0) is 0 Å². The number of nitrogens with two attached hydrogens (primary N) is 1. The van der Waals surface area contributed by atoms with Gasteiger partial charge in [0, 0.05) is 23.8 Å². The first-order valence-corrected chi connectivity index (χ1v) is 7.26. The fourth-order valence-corrected chi connectivity index (χ4v) is 2.00.